The summed E-state index contributed by atoms with van der Waals surface area (Å²) in [6, 6.07) is 0.149. The first-order valence-corrected chi connectivity index (χ1v) is 20.7. The number of aliphatic hydroxyl groups excluding tert-OH is 2. The van der Waals surface area contributed by atoms with Gasteiger partial charge in [-0.2, -0.15) is 0 Å². The molecule has 0 aromatic rings. The van der Waals surface area contributed by atoms with Gasteiger partial charge in [0, 0.05) is 50.9 Å². The van der Waals surface area contributed by atoms with Crippen LogP contribution in [0.15, 0.2) is 5.16 Å². The second-order valence-electron chi connectivity index (χ2n) is 17.6. The van der Waals surface area contributed by atoms with Crippen molar-refractivity contribution in [1.82, 2.24) is 4.90 Å². The van der Waals surface area contributed by atoms with Gasteiger partial charge >= 0.3 is 5.97 Å². The van der Waals surface area contributed by atoms with Crippen LogP contribution in [-0.2, 0) is 47.5 Å². The Balaban J connectivity index is 2.19. The normalized spacial score (nSPS) is 45.1. The maximum absolute atomic E-state index is 14.3. The van der Waals surface area contributed by atoms with E-state index < -0.39 is 95.6 Å². The fourth-order valence-corrected chi connectivity index (χ4v) is 8.88. The number of nitrogens with zero attached hydrogens (tertiary/aromatic N) is 2. The number of carbonyl (C=O) groups excluding carboxylic acids is 1. The minimum Gasteiger partial charge on any atom is -0.459 e. The third-order valence-electron chi connectivity index (χ3n) is 12.5. The standard InChI is InChI=1S/C41H76N2O14/c1-15-30-41(10,48)35(44)25(4)33(42-52-22-51-17-16-49-13)23(2)20-39(8,47)37(57-31-19-29(43(11)12)18-24(3)53-31)26(5)34(27(6)38(46)55-30)56-32-21-40(9,50-14)36(45)28(7)54-32/h23-32,34-37,44-45,47-48H,15-22H2,1-14H3/b42-33+/t23-,24?,25+,26+,27-,28?,29?,30-,31?,32?,34+,35-,36?,37-,39+,40?,41-/m1/s1. The zero-order valence-corrected chi connectivity index (χ0v) is 37.0. The molecule has 0 radical (unpaired) electrons. The van der Waals surface area contributed by atoms with Crippen LogP contribution in [0.4, 0.5) is 0 Å². The Morgan fingerprint density at radius 1 is 0.877 bits per heavy atom. The number of methoxy groups -OCH3 is 2. The van der Waals surface area contributed by atoms with Crippen molar-refractivity contribution in [2.24, 2.45) is 28.8 Å². The summed E-state index contributed by atoms with van der Waals surface area (Å²) < 4.78 is 48.5. The second kappa shape index (κ2) is 21.3. The lowest BCUT2D eigenvalue weighted by Crippen LogP contribution is -2.60. The number of rotatable bonds is 13. The molecule has 334 valence electrons. The molecule has 0 aromatic carbocycles. The zero-order chi connectivity index (χ0) is 43.0. The van der Waals surface area contributed by atoms with Gasteiger partial charge in [0.05, 0.1) is 66.6 Å². The number of oxime groups is 1. The smallest absolute Gasteiger partial charge is 0.311 e. The van der Waals surface area contributed by atoms with Gasteiger partial charge in [-0.25, -0.2) is 0 Å². The Bertz CT molecular complexity index is 1270. The molecule has 0 aromatic heterocycles. The Hall–Kier alpha value is -1.54. The van der Waals surface area contributed by atoms with Crippen molar-refractivity contribution in [3.63, 3.8) is 0 Å². The van der Waals surface area contributed by atoms with Crippen molar-refractivity contribution < 1.29 is 68.0 Å². The number of hydrogen-bond acceptors (Lipinski definition) is 16. The van der Waals surface area contributed by atoms with Crippen LogP contribution in [0.3, 0.4) is 0 Å². The van der Waals surface area contributed by atoms with Gasteiger partial charge in [0.2, 0.25) is 6.79 Å². The molecular weight excluding hydrogens is 744 g/mol. The molecule has 3 saturated heterocycles. The zero-order valence-electron chi connectivity index (χ0n) is 37.0. The van der Waals surface area contributed by atoms with E-state index >= 15 is 0 Å². The fourth-order valence-electron chi connectivity index (χ4n) is 8.88. The quantitative estimate of drug-likeness (QED) is 0.0915. The molecule has 4 N–H and O–H groups in total. The highest BCUT2D eigenvalue weighted by atomic mass is 16.7. The van der Waals surface area contributed by atoms with E-state index in [4.69, 9.17) is 42.7 Å². The molecular formula is C41H76N2O14. The van der Waals surface area contributed by atoms with E-state index in [1.54, 1.807) is 48.7 Å². The molecule has 16 heteroatoms. The molecule has 7 unspecified atom stereocenters. The summed E-state index contributed by atoms with van der Waals surface area (Å²) in [4.78, 5) is 22.0. The Morgan fingerprint density at radius 2 is 1.54 bits per heavy atom. The maximum atomic E-state index is 14.3. The third kappa shape index (κ3) is 12.5. The lowest BCUT2D eigenvalue weighted by Gasteiger charge is -2.48. The molecule has 16 nitrogen and oxygen atoms in total. The van der Waals surface area contributed by atoms with E-state index in [0.29, 0.717) is 18.7 Å². The predicted octanol–water partition coefficient (Wildman–Crippen LogP) is 3.24. The summed E-state index contributed by atoms with van der Waals surface area (Å²) in [7, 11) is 7.09. The third-order valence-corrected chi connectivity index (χ3v) is 12.5. The van der Waals surface area contributed by atoms with Crippen LogP contribution in [0, 0.1) is 23.7 Å². The first-order valence-electron chi connectivity index (χ1n) is 20.7. The van der Waals surface area contributed by atoms with E-state index in [1.165, 1.54) is 14.0 Å². The summed E-state index contributed by atoms with van der Waals surface area (Å²) in [5.74, 6) is -3.78. The van der Waals surface area contributed by atoms with Gasteiger partial charge in [0.25, 0.3) is 0 Å². The Morgan fingerprint density at radius 3 is 2.14 bits per heavy atom. The van der Waals surface area contributed by atoms with E-state index in [9.17, 15) is 25.2 Å². The average molecular weight is 821 g/mol. The van der Waals surface area contributed by atoms with Crippen LogP contribution in [0.2, 0.25) is 0 Å². The van der Waals surface area contributed by atoms with Crippen molar-refractivity contribution in [3.8, 4) is 0 Å². The van der Waals surface area contributed by atoms with Crippen molar-refractivity contribution in [3.05, 3.63) is 0 Å². The molecule has 17 atom stereocenters. The van der Waals surface area contributed by atoms with Crippen molar-refractivity contribution >= 4 is 11.7 Å². The molecule has 3 aliphatic heterocycles. The average Bonchev–Trinajstić information content (AvgIpc) is 3.14. The van der Waals surface area contributed by atoms with Crippen LogP contribution in [0.1, 0.15) is 101 Å². The van der Waals surface area contributed by atoms with Crippen LogP contribution in [0.25, 0.3) is 0 Å². The maximum Gasteiger partial charge on any atom is 0.311 e. The Labute approximate surface area is 340 Å². The van der Waals surface area contributed by atoms with Gasteiger partial charge in [0.1, 0.15) is 17.8 Å². The number of esters is 1. The molecule has 3 aliphatic rings. The van der Waals surface area contributed by atoms with Crippen molar-refractivity contribution in [2.45, 2.75) is 179 Å². The van der Waals surface area contributed by atoms with Crippen molar-refractivity contribution in [1.29, 1.82) is 0 Å². The molecule has 3 heterocycles. The van der Waals surface area contributed by atoms with Gasteiger partial charge in [-0.3, -0.25) is 4.79 Å². The van der Waals surface area contributed by atoms with Gasteiger partial charge in [-0.05, 0) is 74.9 Å². The van der Waals surface area contributed by atoms with E-state index in [-0.39, 0.29) is 44.8 Å². The molecule has 0 aliphatic carbocycles. The number of cyclic esters (lactones) is 1. The van der Waals surface area contributed by atoms with Crippen molar-refractivity contribution in [2.75, 3.05) is 48.3 Å². The predicted molar refractivity (Wildman–Crippen MR) is 211 cm³/mol. The summed E-state index contributed by atoms with van der Waals surface area (Å²) in [5.41, 5.74) is -4.25. The summed E-state index contributed by atoms with van der Waals surface area (Å²) in [6.45, 7) is 17.9. The number of ether oxygens (including phenoxy) is 8. The van der Waals surface area contributed by atoms with Gasteiger partial charge < -0.3 is 68.1 Å². The molecule has 0 bridgehead atoms. The van der Waals surface area contributed by atoms with Gasteiger partial charge in [0.15, 0.2) is 12.6 Å². The second-order valence-corrected chi connectivity index (χ2v) is 17.6. The van der Waals surface area contributed by atoms with E-state index in [2.05, 4.69) is 10.1 Å². The molecule has 3 rings (SSSR count). The summed E-state index contributed by atoms with van der Waals surface area (Å²) in [5, 5.41) is 51.9. The first-order chi connectivity index (χ1) is 26.5. The number of aliphatic hydroxyl groups is 4. The summed E-state index contributed by atoms with van der Waals surface area (Å²) >= 11 is 0. The lowest BCUT2D eigenvalue weighted by molar-refractivity contribution is -0.308. The highest BCUT2D eigenvalue weighted by Crippen LogP contribution is 2.41. The van der Waals surface area contributed by atoms with Gasteiger partial charge in [-0.1, -0.05) is 32.9 Å². The lowest BCUT2D eigenvalue weighted by atomic mass is 9.73. The molecule has 0 amide bonds. The summed E-state index contributed by atoms with van der Waals surface area (Å²) in [6.07, 6.45) is -6.31. The van der Waals surface area contributed by atoms with Gasteiger partial charge in [-0.15, -0.1) is 0 Å². The van der Waals surface area contributed by atoms with Crippen LogP contribution in [0.5, 0.6) is 0 Å². The molecule has 0 saturated carbocycles. The van der Waals surface area contributed by atoms with Crippen LogP contribution in [-0.4, -0.2) is 163 Å². The molecule has 3 fully saturated rings. The van der Waals surface area contributed by atoms with E-state index in [0.717, 1.165) is 6.42 Å². The number of carbonyl (C=O) groups is 1. The van der Waals surface area contributed by atoms with E-state index in [1.807, 2.05) is 34.9 Å². The highest BCUT2D eigenvalue weighted by Gasteiger charge is 2.52. The first kappa shape index (κ1) is 49.8. The monoisotopic (exact) mass is 821 g/mol. The van der Waals surface area contributed by atoms with Crippen LogP contribution < -0.4 is 0 Å². The molecule has 57 heavy (non-hydrogen) atoms. The highest BCUT2D eigenvalue weighted by molar-refractivity contribution is 5.88. The minimum atomic E-state index is -1.93. The SMILES string of the molecule is CC[C@H]1OC(=O)[C@H](C)[C@@H](OC2CC(C)(OC)C(O)C(C)O2)[C@H](C)[C@@H](OC2CC(N(C)C)CC(C)O2)[C@@](C)(O)C[C@@H](C)/C(=N\OCOCCOC)[C@H](C)[C@@H](O)[C@]1(C)O. The topological polar surface area (TPSA) is 197 Å². The fraction of sp³-hybridized carbons (Fsp3) is 0.951. The molecule has 0 spiro atoms. The van der Waals surface area contributed by atoms with Crippen LogP contribution >= 0.6 is 0 Å². The Kier molecular flexibility index (Phi) is 18.6. The minimum absolute atomic E-state index is 0.0565. The number of hydrogen-bond donors (Lipinski definition) is 4. The largest absolute Gasteiger partial charge is 0.459 e.